The fraction of sp³-hybridized carbons (Fsp3) is 0.238. The van der Waals surface area contributed by atoms with E-state index in [4.69, 9.17) is 19.3 Å². The molecule has 0 bridgehead atoms. The quantitative estimate of drug-likeness (QED) is 0.541. The van der Waals surface area contributed by atoms with E-state index in [9.17, 15) is 4.39 Å². The Hall–Kier alpha value is -3.59. The third-order valence-electron chi connectivity index (χ3n) is 4.20. The van der Waals surface area contributed by atoms with Crippen LogP contribution in [-0.4, -0.2) is 41.0 Å². The highest BCUT2D eigenvalue weighted by molar-refractivity contribution is 5.63. The van der Waals surface area contributed by atoms with Gasteiger partial charge in [0.25, 0.3) is 0 Å². The summed E-state index contributed by atoms with van der Waals surface area (Å²) >= 11 is 0. The van der Waals surface area contributed by atoms with Gasteiger partial charge in [-0.3, -0.25) is 0 Å². The zero-order valence-corrected chi connectivity index (χ0v) is 16.3. The van der Waals surface area contributed by atoms with Crippen molar-refractivity contribution in [1.82, 2.24) is 9.97 Å². The summed E-state index contributed by atoms with van der Waals surface area (Å²) in [7, 11) is 0. The molecule has 2 aromatic carbocycles. The standard InChI is InChI=1S/C21H21FN4O4/c1-13-12-29-19-10-15(5-6-18(19)30-13)24-20-17(22)11-23-21(26-20)25-14-3-2-4-16(9-14)28-8-7-27/h2-6,9-11,13,27H,7-8,12H2,1H3,(H2,23,24,25,26). The lowest BCUT2D eigenvalue weighted by Crippen LogP contribution is -2.25. The van der Waals surface area contributed by atoms with E-state index in [-0.39, 0.29) is 31.1 Å². The van der Waals surface area contributed by atoms with E-state index in [1.807, 2.05) is 6.92 Å². The molecular weight excluding hydrogens is 391 g/mol. The highest BCUT2D eigenvalue weighted by Gasteiger charge is 2.18. The van der Waals surface area contributed by atoms with Crippen LogP contribution in [0.25, 0.3) is 0 Å². The summed E-state index contributed by atoms with van der Waals surface area (Å²) in [5.74, 6) is 1.46. The zero-order valence-electron chi connectivity index (χ0n) is 16.3. The van der Waals surface area contributed by atoms with E-state index < -0.39 is 5.82 Å². The molecule has 4 rings (SSSR count). The molecule has 3 N–H and O–H groups in total. The summed E-state index contributed by atoms with van der Waals surface area (Å²) in [5, 5.41) is 14.8. The number of nitrogens with one attached hydrogen (secondary N) is 2. The van der Waals surface area contributed by atoms with Crippen molar-refractivity contribution < 1.29 is 23.7 Å². The smallest absolute Gasteiger partial charge is 0.229 e. The molecule has 156 valence electrons. The van der Waals surface area contributed by atoms with Gasteiger partial charge < -0.3 is 30.0 Å². The average molecular weight is 412 g/mol. The summed E-state index contributed by atoms with van der Waals surface area (Å²) in [6, 6.07) is 12.3. The Morgan fingerprint density at radius 3 is 2.90 bits per heavy atom. The van der Waals surface area contributed by atoms with Crippen LogP contribution in [0.1, 0.15) is 6.92 Å². The predicted octanol–water partition coefficient (Wildman–Crippen LogP) is 3.63. The Morgan fingerprint density at radius 2 is 2.03 bits per heavy atom. The van der Waals surface area contributed by atoms with Crippen molar-refractivity contribution in [3.8, 4) is 17.2 Å². The van der Waals surface area contributed by atoms with Gasteiger partial charge in [0.15, 0.2) is 23.1 Å². The maximum atomic E-state index is 14.3. The van der Waals surface area contributed by atoms with Gasteiger partial charge in [0, 0.05) is 23.5 Å². The van der Waals surface area contributed by atoms with Gasteiger partial charge in [0.2, 0.25) is 5.95 Å². The van der Waals surface area contributed by atoms with Gasteiger partial charge in [-0.15, -0.1) is 0 Å². The van der Waals surface area contributed by atoms with Crippen molar-refractivity contribution in [1.29, 1.82) is 0 Å². The van der Waals surface area contributed by atoms with Crippen molar-refractivity contribution in [2.24, 2.45) is 0 Å². The number of aliphatic hydroxyl groups excluding tert-OH is 1. The van der Waals surface area contributed by atoms with Gasteiger partial charge in [-0.1, -0.05) is 6.07 Å². The first-order valence-corrected chi connectivity index (χ1v) is 9.44. The van der Waals surface area contributed by atoms with Gasteiger partial charge in [0.1, 0.15) is 25.1 Å². The molecule has 1 unspecified atom stereocenters. The van der Waals surface area contributed by atoms with Crippen LogP contribution in [0.15, 0.2) is 48.7 Å². The van der Waals surface area contributed by atoms with E-state index in [1.54, 1.807) is 42.5 Å². The minimum absolute atomic E-state index is 0.0169. The van der Waals surface area contributed by atoms with Gasteiger partial charge in [-0.25, -0.2) is 9.37 Å². The summed E-state index contributed by atoms with van der Waals surface area (Å²) in [4.78, 5) is 8.20. The lowest BCUT2D eigenvalue weighted by molar-refractivity contribution is 0.104. The molecule has 0 fully saturated rings. The van der Waals surface area contributed by atoms with Crippen LogP contribution >= 0.6 is 0 Å². The molecular formula is C21H21FN4O4. The van der Waals surface area contributed by atoms with Gasteiger partial charge in [0.05, 0.1) is 12.8 Å². The average Bonchev–Trinajstić information content (AvgIpc) is 2.75. The Bertz CT molecular complexity index is 1030. The molecule has 0 aliphatic carbocycles. The normalized spacial score (nSPS) is 14.8. The maximum Gasteiger partial charge on any atom is 0.229 e. The number of hydrogen-bond donors (Lipinski definition) is 3. The fourth-order valence-electron chi connectivity index (χ4n) is 2.86. The lowest BCUT2D eigenvalue weighted by atomic mass is 10.2. The van der Waals surface area contributed by atoms with Crippen molar-refractivity contribution in [3.63, 3.8) is 0 Å². The minimum Gasteiger partial charge on any atom is -0.491 e. The van der Waals surface area contributed by atoms with Crippen LogP contribution in [0.2, 0.25) is 0 Å². The molecule has 3 aromatic rings. The highest BCUT2D eigenvalue weighted by atomic mass is 19.1. The van der Waals surface area contributed by atoms with Crippen LogP contribution < -0.4 is 24.8 Å². The number of fused-ring (bicyclic) bond motifs is 1. The van der Waals surface area contributed by atoms with Crippen LogP contribution in [0, 0.1) is 5.82 Å². The highest BCUT2D eigenvalue weighted by Crippen LogP contribution is 2.35. The Kier molecular flexibility index (Phi) is 5.80. The molecule has 1 atom stereocenters. The fourth-order valence-corrected chi connectivity index (χ4v) is 2.86. The largest absolute Gasteiger partial charge is 0.491 e. The molecule has 9 heteroatoms. The van der Waals surface area contributed by atoms with Gasteiger partial charge in [-0.2, -0.15) is 4.98 Å². The zero-order chi connectivity index (χ0) is 20.9. The molecule has 1 aromatic heterocycles. The maximum absolute atomic E-state index is 14.3. The molecule has 0 saturated heterocycles. The number of halogens is 1. The first kappa shape index (κ1) is 19.7. The van der Waals surface area contributed by atoms with Crippen LogP contribution in [-0.2, 0) is 0 Å². The number of aromatic nitrogens is 2. The van der Waals surface area contributed by atoms with Crippen LogP contribution in [0.3, 0.4) is 0 Å². The topological polar surface area (TPSA) is 97.8 Å². The van der Waals surface area contributed by atoms with Gasteiger partial charge in [-0.05, 0) is 31.2 Å². The summed E-state index contributed by atoms with van der Waals surface area (Å²) in [6.45, 7) is 2.49. The van der Waals surface area contributed by atoms with Crippen molar-refractivity contribution >= 4 is 23.1 Å². The van der Waals surface area contributed by atoms with E-state index in [0.29, 0.717) is 35.2 Å². The van der Waals surface area contributed by atoms with Crippen molar-refractivity contribution in [2.45, 2.75) is 13.0 Å². The molecule has 2 heterocycles. The number of ether oxygens (including phenoxy) is 3. The Morgan fingerprint density at radius 1 is 1.17 bits per heavy atom. The monoisotopic (exact) mass is 412 g/mol. The van der Waals surface area contributed by atoms with Crippen molar-refractivity contribution in [3.05, 3.63) is 54.5 Å². The lowest BCUT2D eigenvalue weighted by Gasteiger charge is -2.24. The molecule has 8 nitrogen and oxygen atoms in total. The van der Waals surface area contributed by atoms with Gasteiger partial charge >= 0.3 is 0 Å². The first-order chi connectivity index (χ1) is 14.6. The SMILES string of the molecule is CC1COc2cc(Nc3nc(Nc4cccc(OCCO)c4)ncc3F)ccc2O1. The Balaban J connectivity index is 1.50. The number of rotatable bonds is 7. The molecule has 0 amide bonds. The number of benzene rings is 2. The third kappa shape index (κ3) is 4.69. The number of nitrogens with zero attached hydrogens (tertiary/aromatic N) is 2. The minimum atomic E-state index is -0.593. The number of aliphatic hydroxyl groups is 1. The summed E-state index contributed by atoms with van der Waals surface area (Å²) in [5.41, 5.74) is 1.27. The van der Waals surface area contributed by atoms with Crippen LogP contribution in [0.5, 0.6) is 17.2 Å². The number of hydrogen-bond acceptors (Lipinski definition) is 8. The third-order valence-corrected chi connectivity index (χ3v) is 4.20. The van der Waals surface area contributed by atoms with E-state index >= 15 is 0 Å². The van der Waals surface area contributed by atoms with E-state index in [1.165, 1.54) is 0 Å². The number of anilines is 4. The summed E-state index contributed by atoms with van der Waals surface area (Å²) in [6.07, 6.45) is 1.07. The Labute approximate surface area is 172 Å². The second kappa shape index (κ2) is 8.83. The molecule has 0 spiro atoms. The predicted molar refractivity (Wildman–Crippen MR) is 110 cm³/mol. The van der Waals surface area contributed by atoms with Crippen molar-refractivity contribution in [2.75, 3.05) is 30.5 Å². The molecule has 0 saturated carbocycles. The van der Waals surface area contributed by atoms with E-state index in [2.05, 4.69) is 20.6 Å². The molecule has 0 radical (unpaired) electrons. The first-order valence-electron chi connectivity index (χ1n) is 9.44. The van der Waals surface area contributed by atoms with Crippen LogP contribution in [0.4, 0.5) is 27.5 Å². The molecule has 1 aliphatic rings. The molecule has 1 aliphatic heterocycles. The summed E-state index contributed by atoms with van der Waals surface area (Å²) < 4.78 is 31.0. The second-order valence-electron chi connectivity index (χ2n) is 6.64. The van der Waals surface area contributed by atoms with E-state index in [0.717, 1.165) is 6.20 Å². The molecule has 30 heavy (non-hydrogen) atoms. The second-order valence-corrected chi connectivity index (χ2v) is 6.64.